The van der Waals surface area contributed by atoms with Crippen molar-refractivity contribution in [3.8, 4) is 0 Å². The van der Waals surface area contributed by atoms with Crippen molar-refractivity contribution in [3.63, 3.8) is 0 Å². The third-order valence-corrected chi connectivity index (χ3v) is 3.97. The van der Waals surface area contributed by atoms with Crippen molar-refractivity contribution in [1.29, 1.82) is 0 Å². The van der Waals surface area contributed by atoms with Crippen LogP contribution in [0.5, 0.6) is 0 Å². The van der Waals surface area contributed by atoms with E-state index in [0.29, 0.717) is 11.0 Å². The predicted molar refractivity (Wildman–Crippen MR) is 95.3 cm³/mol. The molecule has 2 rings (SSSR count). The van der Waals surface area contributed by atoms with Gasteiger partial charge in [0.2, 0.25) is 0 Å². The van der Waals surface area contributed by atoms with Crippen LogP contribution in [0.2, 0.25) is 0 Å². The molecule has 0 aromatic carbocycles. The quantitative estimate of drug-likeness (QED) is 0.792. The van der Waals surface area contributed by atoms with Crippen molar-refractivity contribution in [1.82, 2.24) is 14.5 Å². The third kappa shape index (κ3) is 3.56. The van der Waals surface area contributed by atoms with E-state index in [1.807, 2.05) is 6.92 Å². The summed E-state index contributed by atoms with van der Waals surface area (Å²) < 4.78 is 1.90. The number of carbonyl (C=O) groups is 1. The summed E-state index contributed by atoms with van der Waals surface area (Å²) in [5.41, 5.74) is 4.94. The molecular formula is C15H18BrN5O3. The number of unbranched alkanes of at least 4 members (excludes halogenated alkanes) is 1. The number of aromatic nitrogens is 3. The zero-order valence-corrected chi connectivity index (χ0v) is 15.0. The lowest BCUT2D eigenvalue weighted by atomic mass is 10.2. The summed E-state index contributed by atoms with van der Waals surface area (Å²) in [5, 5.41) is 0. The van der Waals surface area contributed by atoms with Crippen LogP contribution in [0.25, 0.3) is 0 Å². The molecule has 2 aromatic rings. The number of pyridine rings is 1. The van der Waals surface area contributed by atoms with E-state index < -0.39 is 17.2 Å². The van der Waals surface area contributed by atoms with Gasteiger partial charge in [-0.05, 0) is 28.4 Å². The number of carbonyl (C=O) groups excluding carboxylic acids is 1. The molecule has 2 heterocycles. The molecule has 9 heteroatoms. The van der Waals surface area contributed by atoms with Crippen LogP contribution in [-0.2, 0) is 6.54 Å². The van der Waals surface area contributed by atoms with Gasteiger partial charge in [-0.15, -0.1) is 0 Å². The van der Waals surface area contributed by atoms with Crippen LogP contribution in [0.4, 0.5) is 11.5 Å². The second-order valence-electron chi connectivity index (χ2n) is 5.25. The number of H-pyrrole nitrogens is 1. The molecule has 0 aliphatic rings. The van der Waals surface area contributed by atoms with Crippen LogP contribution in [0.3, 0.4) is 0 Å². The lowest BCUT2D eigenvalue weighted by Crippen LogP contribution is -2.39. The average molecular weight is 396 g/mol. The molecule has 1 amide bonds. The molecular weight excluding hydrogens is 378 g/mol. The molecule has 0 spiro atoms. The van der Waals surface area contributed by atoms with Gasteiger partial charge >= 0.3 is 5.69 Å². The fourth-order valence-electron chi connectivity index (χ4n) is 2.26. The number of aromatic amines is 1. The fourth-order valence-corrected chi connectivity index (χ4v) is 2.63. The summed E-state index contributed by atoms with van der Waals surface area (Å²) in [7, 11) is 1.43. The lowest BCUT2D eigenvalue weighted by Gasteiger charge is -2.20. The molecule has 8 nitrogen and oxygen atoms in total. The maximum absolute atomic E-state index is 12.6. The molecule has 0 atom stereocenters. The van der Waals surface area contributed by atoms with Crippen LogP contribution in [0.1, 0.15) is 30.1 Å². The van der Waals surface area contributed by atoms with Gasteiger partial charge in [-0.3, -0.25) is 24.1 Å². The lowest BCUT2D eigenvalue weighted by molar-refractivity contribution is 0.0992. The summed E-state index contributed by atoms with van der Waals surface area (Å²) in [6, 6.07) is 1.59. The van der Waals surface area contributed by atoms with Gasteiger partial charge in [0.1, 0.15) is 5.82 Å². The highest BCUT2D eigenvalue weighted by Crippen LogP contribution is 2.19. The monoisotopic (exact) mass is 395 g/mol. The van der Waals surface area contributed by atoms with Gasteiger partial charge in [0.25, 0.3) is 11.5 Å². The van der Waals surface area contributed by atoms with Crippen molar-refractivity contribution >= 4 is 33.3 Å². The number of nitrogen functional groups attached to an aromatic ring is 1. The van der Waals surface area contributed by atoms with Gasteiger partial charge in [-0.25, -0.2) is 4.79 Å². The maximum atomic E-state index is 12.6. The number of amides is 1. The Bertz CT molecular complexity index is 874. The second kappa shape index (κ2) is 7.43. The summed E-state index contributed by atoms with van der Waals surface area (Å²) in [6.45, 7) is 2.34. The average Bonchev–Trinajstić information content (AvgIpc) is 2.53. The zero-order chi connectivity index (χ0) is 17.9. The van der Waals surface area contributed by atoms with E-state index in [0.717, 1.165) is 17.7 Å². The first-order chi connectivity index (χ1) is 11.4. The topological polar surface area (TPSA) is 114 Å². The van der Waals surface area contributed by atoms with E-state index >= 15 is 0 Å². The van der Waals surface area contributed by atoms with Crippen LogP contribution < -0.4 is 21.9 Å². The Hall–Kier alpha value is -2.42. The molecule has 0 aliphatic carbocycles. The smallest absolute Gasteiger partial charge is 0.330 e. The molecule has 0 fully saturated rings. The zero-order valence-electron chi connectivity index (χ0n) is 13.4. The van der Waals surface area contributed by atoms with Gasteiger partial charge in [0, 0.05) is 30.5 Å². The molecule has 2 aromatic heterocycles. The van der Waals surface area contributed by atoms with E-state index in [4.69, 9.17) is 5.73 Å². The van der Waals surface area contributed by atoms with Crippen molar-refractivity contribution in [2.24, 2.45) is 0 Å². The summed E-state index contributed by atoms with van der Waals surface area (Å²) >= 11 is 3.24. The molecule has 0 radical (unpaired) electrons. The van der Waals surface area contributed by atoms with Gasteiger partial charge in [0.15, 0.2) is 5.69 Å². The Morgan fingerprint density at radius 2 is 2.12 bits per heavy atom. The minimum absolute atomic E-state index is 0.0315. The number of nitrogens with zero attached hydrogens (tertiary/aromatic N) is 3. The van der Waals surface area contributed by atoms with E-state index in [1.54, 1.807) is 12.3 Å². The minimum atomic E-state index is -0.705. The molecule has 0 unspecified atom stereocenters. The fraction of sp³-hybridized carbons (Fsp3) is 0.333. The highest BCUT2D eigenvalue weighted by atomic mass is 79.9. The van der Waals surface area contributed by atoms with E-state index in [9.17, 15) is 14.4 Å². The predicted octanol–water partition coefficient (Wildman–Crippen LogP) is 1.35. The summed E-state index contributed by atoms with van der Waals surface area (Å²) in [5.74, 6) is -0.488. The van der Waals surface area contributed by atoms with Crippen molar-refractivity contribution in [2.45, 2.75) is 26.3 Å². The van der Waals surface area contributed by atoms with E-state index in [-0.39, 0.29) is 17.1 Å². The Balaban J connectivity index is 2.49. The third-order valence-electron chi connectivity index (χ3n) is 3.54. The first-order valence-electron chi connectivity index (χ1n) is 7.38. The van der Waals surface area contributed by atoms with Crippen molar-refractivity contribution in [3.05, 3.63) is 49.3 Å². The van der Waals surface area contributed by atoms with Crippen LogP contribution in [0.15, 0.2) is 32.5 Å². The van der Waals surface area contributed by atoms with Gasteiger partial charge < -0.3 is 10.6 Å². The second-order valence-corrected chi connectivity index (χ2v) is 6.17. The van der Waals surface area contributed by atoms with Gasteiger partial charge in [-0.2, -0.15) is 0 Å². The summed E-state index contributed by atoms with van der Waals surface area (Å²) in [4.78, 5) is 43.9. The molecule has 3 N–H and O–H groups in total. The molecule has 0 aliphatic heterocycles. The number of nitrogens with one attached hydrogen (secondary N) is 1. The largest absolute Gasteiger partial charge is 0.383 e. The van der Waals surface area contributed by atoms with Crippen LogP contribution >= 0.6 is 15.9 Å². The first kappa shape index (κ1) is 17.9. The Labute approximate surface area is 146 Å². The van der Waals surface area contributed by atoms with Gasteiger partial charge in [-0.1, -0.05) is 13.3 Å². The first-order valence-corrected chi connectivity index (χ1v) is 8.17. The molecule has 0 saturated heterocycles. The number of nitrogens with two attached hydrogens (primary N) is 1. The van der Waals surface area contributed by atoms with Gasteiger partial charge in [0.05, 0.1) is 5.56 Å². The Morgan fingerprint density at radius 3 is 2.75 bits per heavy atom. The minimum Gasteiger partial charge on any atom is -0.383 e. The maximum Gasteiger partial charge on any atom is 0.330 e. The number of anilines is 2. The SMILES string of the molecule is CCCCn1c(N)c(N(C)C(=O)c2cncc(Br)c2)c(=O)[nH]c1=O. The molecule has 0 bridgehead atoms. The van der Waals surface area contributed by atoms with E-state index in [2.05, 4.69) is 25.9 Å². The van der Waals surface area contributed by atoms with E-state index in [1.165, 1.54) is 17.8 Å². The Morgan fingerprint density at radius 1 is 1.42 bits per heavy atom. The Kier molecular flexibility index (Phi) is 5.55. The van der Waals surface area contributed by atoms with Crippen LogP contribution in [-0.4, -0.2) is 27.5 Å². The van der Waals surface area contributed by atoms with Crippen molar-refractivity contribution < 1.29 is 4.79 Å². The number of halogens is 1. The highest BCUT2D eigenvalue weighted by molar-refractivity contribution is 9.10. The number of rotatable bonds is 5. The van der Waals surface area contributed by atoms with Crippen LogP contribution in [0, 0.1) is 0 Å². The normalized spacial score (nSPS) is 10.6. The summed E-state index contributed by atoms with van der Waals surface area (Å²) in [6.07, 6.45) is 4.52. The number of hydrogen-bond acceptors (Lipinski definition) is 5. The standard InChI is InChI=1S/C15H18BrN5O3/c1-3-4-5-21-12(17)11(13(22)19-15(21)24)20(2)14(23)9-6-10(16)8-18-7-9/h6-8H,3-5,17H2,1-2H3,(H,19,22,24). The van der Waals surface area contributed by atoms with Crippen molar-refractivity contribution in [2.75, 3.05) is 17.7 Å². The number of hydrogen-bond donors (Lipinski definition) is 2. The highest BCUT2D eigenvalue weighted by Gasteiger charge is 2.22. The molecule has 24 heavy (non-hydrogen) atoms. The molecule has 128 valence electrons. The molecule has 0 saturated carbocycles.